The van der Waals surface area contributed by atoms with Crippen molar-refractivity contribution in [3.05, 3.63) is 40.0 Å². The average Bonchev–Trinajstić information content (AvgIpc) is 2.95. The highest BCUT2D eigenvalue weighted by atomic mass is 35.5. The van der Waals surface area contributed by atoms with Gasteiger partial charge < -0.3 is 5.32 Å². The van der Waals surface area contributed by atoms with Gasteiger partial charge in [-0.3, -0.25) is 10.4 Å². The molecular weight excluding hydrogens is 382 g/mol. The minimum absolute atomic E-state index is 0.203. The van der Waals surface area contributed by atoms with E-state index in [1.165, 1.54) is 24.6 Å². The Morgan fingerprint density at radius 1 is 1.48 bits per heavy atom. The monoisotopic (exact) mass is 395 g/mol. The number of halogens is 1. The zero-order chi connectivity index (χ0) is 18.4. The molecule has 0 spiro atoms. The zero-order valence-electron chi connectivity index (χ0n) is 13.4. The van der Waals surface area contributed by atoms with Gasteiger partial charge in [0.1, 0.15) is 6.07 Å². The first-order valence-corrected chi connectivity index (χ1v) is 9.95. The summed E-state index contributed by atoms with van der Waals surface area (Å²) in [5.74, 6) is -0.420. The molecule has 1 saturated heterocycles. The van der Waals surface area contributed by atoms with E-state index in [4.69, 9.17) is 22.3 Å². The molecule has 3 rings (SSSR count). The Morgan fingerprint density at radius 3 is 2.84 bits per heavy atom. The number of nitrogens with one attached hydrogen (secondary N) is 2. The normalized spacial score (nSPS) is 22.3. The zero-order valence-corrected chi connectivity index (χ0v) is 15.8. The highest BCUT2D eigenvalue weighted by Crippen LogP contribution is 2.41. The maximum atomic E-state index is 12.3. The van der Waals surface area contributed by atoms with Crippen LogP contribution in [0.3, 0.4) is 0 Å². The summed E-state index contributed by atoms with van der Waals surface area (Å²) < 4.78 is 26.0. The van der Waals surface area contributed by atoms with E-state index in [0.717, 1.165) is 14.7 Å². The molecular formula is C15H14ClN5O2S2. The van der Waals surface area contributed by atoms with Gasteiger partial charge in [-0.15, -0.1) is 11.3 Å². The number of hydrogen-bond acceptors (Lipinski definition) is 6. The lowest BCUT2D eigenvalue weighted by Gasteiger charge is -2.39. The van der Waals surface area contributed by atoms with E-state index in [1.54, 1.807) is 25.3 Å². The van der Waals surface area contributed by atoms with Crippen LogP contribution in [0, 0.1) is 16.7 Å². The summed E-state index contributed by atoms with van der Waals surface area (Å²) in [6.45, 7) is 1.70. The van der Waals surface area contributed by atoms with Gasteiger partial charge in [-0.2, -0.15) is 5.26 Å². The van der Waals surface area contributed by atoms with Crippen LogP contribution >= 0.6 is 22.9 Å². The van der Waals surface area contributed by atoms with E-state index in [1.807, 2.05) is 6.07 Å². The smallest absolute Gasteiger partial charge is 0.239 e. The fraction of sp³-hybridized carbons (Fsp3) is 0.267. The largest absolute Gasteiger partial charge is 0.345 e. The SMILES string of the molecule is CN1C(=N)N[C@](C)(c2cc(-c3cncc(C#N)c3)sc2Cl)CS1(=O)=O. The van der Waals surface area contributed by atoms with E-state index < -0.39 is 15.6 Å². The van der Waals surface area contributed by atoms with Gasteiger partial charge in [0.05, 0.1) is 21.2 Å². The molecule has 2 aromatic rings. The quantitative estimate of drug-likeness (QED) is 0.810. The van der Waals surface area contributed by atoms with E-state index in [0.29, 0.717) is 15.5 Å². The third-order valence-corrected chi connectivity index (χ3v) is 7.40. The molecule has 10 heteroatoms. The third kappa shape index (κ3) is 3.08. The number of sulfonamides is 1. The second-order valence-corrected chi connectivity index (χ2v) is 9.56. The summed E-state index contributed by atoms with van der Waals surface area (Å²) in [5, 5.41) is 19.8. The lowest BCUT2D eigenvalue weighted by Crippen LogP contribution is -2.60. The molecule has 2 aromatic heterocycles. The second kappa shape index (κ2) is 5.98. The van der Waals surface area contributed by atoms with Crippen LogP contribution in [-0.2, 0) is 15.6 Å². The second-order valence-electron chi connectivity index (χ2n) is 5.90. The molecule has 0 aromatic carbocycles. The molecule has 0 aliphatic carbocycles. The molecule has 1 fully saturated rings. The highest BCUT2D eigenvalue weighted by Gasteiger charge is 2.43. The van der Waals surface area contributed by atoms with Gasteiger partial charge in [0.25, 0.3) is 0 Å². The maximum Gasteiger partial charge on any atom is 0.239 e. The van der Waals surface area contributed by atoms with Gasteiger partial charge in [0.15, 0.2) is 0 Å². The van der Waals surface area contributed by atoms with Crippen LogP contribution < -0.4 is 5.32 Å². The summed E-state index contributed by atoms with van der Waals surface area (Å²) in [6, 6.07) is 5.52. The maximum absolute atomic E-state index is 12.3. The van der Waals surface area contributed by atoms with Crippen LogP contribution in [0.4, 0.5) is 0 Å². The lowest BCUT2D eigenvalue weighted by atomic mass is 9.96. The molecule has 0 amide bonds. The number of aromatic nitrogens is 1. The van der Waals surface area contributed by atoms with E-state index in [2.05, 4.69) is 10.3 Å². The molecule has 0 radical (unpaired) electrons. The molecule has 1 aliphatic rings. The average molecular weight is 396 g/mol. The number of rotatable bonds is 2. The summed E-state index contributed by atoms with van der Waals surface area (Å²) in [5.41, 5.74) is 0.732. The molecule has 0 bridgehead atoms. The van der Waals surface area contributed by atoms with Crippen molar-refractivity contribution in [1.82, 2.24) is 14.6 Å². The van der Waals surface area contributed by atoms with Crippen molar-refractivity contribution in [2.24, 2.45) is 0 Å². The Hall–Kier alpha value is -2.15. The number of guanidine groups is 1. The minimum atomic E-state index is -3.61. The molecule has 3 heterocycles. The Morgan fingerprint density at radius 2 is 2.20 bits per heavy atom. The molecule has 25 heavy (non-hydrogen) atoms. The van der Waals surface area contributed by atoms with Gasteiger partial charge in [-0.05, 0) is 19.1 Å². The Kier molecular flexibility index (Phi) is 4.23. The highest BCUT2D eigenvalue weighted by molar-refractivity contribution is 7.89. The van der Waals surface area contributed by atoms with Crippen molar-refractivity contribution in [1.29, 1.82) is 10.7 Å². The molecule has 1 atom stereocenters. The standard InChI is InChI=1S/C15H14ClN5O2S2/c1-15(8-25(22,23)21(2)14(18)20-15)11-4-12(24-13(11)16)10-3-9(5-17)6-19-7-10/h3-4,6-7H,8H2,1-2H3,(H2,18,20)/t15-/m0/s1. The number of thiophene rings is 1. The van der Waals surface area contributed by atoms with Gasteiger partial charge in [-0.25, -0.2) is 12.7 Å². The van der Waals surface area contributed by atoms with Gasteiger partial charge in [0, 0.05) is 35.4 Å². The van der Waals surface area contributed by atoms with E-state index in [9.17, 15) is 8.42 Å². The van der Waals surface area contributed by atoms with Crippen molar-refractivity contribution in [3.8, 4) is 16.5 Å². The van der Waals surface area contributed by atoms with Crippen LogP contribution in [0.25, 0.3) is 10.4 Å². The molecule has 0 saturated carbocycles. The molecule has 1 aliphatic heterocycles. The molecule has 2 N–H and O–H groups in total. The van der Waals surface area contributed by atoms with Crippen LogP contribution in [0.5, 0.6) is 0 Å². The van der Waals surface area contributed by atoms with E-state index in [-0.39, 0.29) is 11.7 Å². The van der Waals surface area contributed by atoms with Crippen molar-refractivity contribution in [2.45, 2.75) is 12.5 Å². The third-order valence-electron chi connectivity index (χ3n) is 4.03. The Bertz CT molecular complexity index is 1010. The van der Waals surface area contributed by atoms with Gasteiger partial charge in [0.2, 0.25) is 16.0 Å². The van der Waals surface area contributed by atoms with Crippen molar-refractivity contribution in [3.63, 3.8) is 0 Å². The van der Waals surface area contributed by atoms with Crippen LogP contribution in [0.1, 0.15) is 18.1 Å². The molecule has 130 valence electrons. The first kappa shape index (κ1) is 17.7. The molecule has 7 nitrogen and oxygen atoms in total. The van der Waals surface area contributed by atoms with Crippen LogP contribution in [-0.4, -0.2) is 36.5 Å². The van der Waals surface area contributed by atoms with Gasteiger partial charge >= 0.3 is 0 Å². The fourth-order valence-electron chi connectivity index (χ4n) is 2.65. The fourth-order valence-corrected chi connectivity index (χ4v) is 5.63. The van der Waals surface area contributed by atoms with Crippen LogP contribution in [0.15, 0.2) is 24.5 Å². The van der Waals surface area contributed by atoms with Gasteiger partial charge in [-0.1, -0.05) is 11.6 Å². The summed E-state index contributed by atoms with van der Waals surface area (Å²) in [7, 11) is -2.28. The van der Waals surface area contributed by atoms with Crippen molar-refractivity contribution in [2.75, 3.05) is 12.8 Å². The predicted octanol–water partition coefficient (Wildman–Crippen LogP) is 2.35. The molecule has 0 unspecified atom stereocenters. The minimum Gasteiger partial charge on any atom is -0.345 e. The summed E-state index contributed by atoms with van der Waals surface area (Å²) in [4.78, 5) is 4.81. The van der Waals surface area contributed by atoms with Crippen molar-refractivity contribution >= 4 is 38.9 Å². The number of nitriles is 1. The Labute approximate surface area is 154 Å². The predicted molar refractivity (Wildman–Crippen MR) is 97.0 cm³/mol. The summed E-state index contributed by atoms with van der Waals surface area (Å²) >= 11 is 7.66. The first-order chi connectivity index (χ1) is 11.7. The van der Waals surface area contributed by atoms with E-state index >= 15 is 0 Å². The van der Waals surface area contributed by atoms with Crippen molar-refractivity contribution < 1.29 is 8.42 Å². The lowest BCUT2D eigenvalue weighted by molar-refractivity contribution is 0.419. The summed E-state index contributed by atoms with van der Waals surface area (Å²) in [6.07, 6.45) is 3.09. The number of hydrogen-bond donors (Lipinski definition) is 2. The number of pyridine rings is 1. The topological polar surface area (TPSA) is 110 Å². The number of nitrogens with zero attached hydrogens (tertiary/aromatic N) is 3. The first-order valence-electron chi connectivity index (χ1n) is 7.15. The Balaban J connectivity index is 2.06. The van der Waals surface area contributed by atoms with Crippen LogP contribution in [0.2, 0.25) is 4.34 Å².